The Morgan fingerprint density at radius 2 is 1.88 bits per heavy atom. The van der Waals surface area contributed by atoms with Crippen LogP contribution in [0.1, 0.15) is 8.35 Å². The van der Waals surface area contributed by atoms with Crippen LogP contribution in [0.4, 0.5) is 0 Å². The van der Waals surface area contributed by atoms with Gasteiger partial charge in [0.05, 0.1) is 6.61 Å². The van der Waals surface area contributed by atoms with E-state index in [0.717, 1.165) is 24.7 Å². The Hall–Kier alpha value is -0.750. The van der Waals surface area contributed by atoms with Gasteiger partial charge in [-0.25, -0.2) is 0 Å². The highest BCUT2D eigenvalue weighted by Gasteiger charge is 1.94. The second-order valence-electron chi connectivity index (χ2n) is 2.86. The lowest BCUT2D eigenvalue weighted by Crippen LogP contribution is -2.09. The molecule has 0 aliphatic rings. The van der Waals surface area contributed by atoms with E-state index in [2.05, 4.69) is 17.4 Å². The average molecular weight is 249 g/mol. The van der Waals surface area contributed by atoms with Gasteiger partial charge < -0.3 is 21.0 Å². The van der Waals surface area contributed by atoms with Crippen molar-refractivity contribution in [1.29, 1.82) is 0 Å². The Labute approximate surface area is 102 Å². The second kappa shape index (κ2) is 10.8. The molecule has 0 radical (unpaired) electrons. The zero-order chi connectivity index (χ0) is 10.2. The van der Waals surface area contributed by atoms with Crippen molar-refractivity contribution in [1.82, 2.24) is 5.32 Å². The van der Waals surface area contributed by atoms with Crippen molar-refractivity contribution in [3.05, 3.63) is 24.3 Å². The standard InChI is InChI=1S/C11H17NOS.2H2O.H2/c1-3-13-10-4-6-11(7-5-10)14-9-8-12-2;;;/h4-7,12H,3,8-9H2,1-2H3;2*1H2;1H. The van der Waals surface area contributed by atoms with Gasteiger partial charge in [0.25, 0.3) is 0 Å². The topological polar surface area (TPSA) is 84.3 Å². The van der Waals surface area contributed by atoms with Gasteiger partial charge in [-0.05, 0) is 38.2 Å². The summed E-state index contributed by atoms with van der Waals surface area (Å²) in [5.74, 6) is 2.05. The van der Waals surface area contributed by atoms with Crippen LogP contribution in [-0.2, 0) is 0 Å². The largest absolute Gasteiger partial charge is 0.494 e. The molecule has 1 aromatic rings. The molecule has 0 saturated heterocycles. The van der Waals surface area contributed by atoms with E-state index in [-0.39, 0.29) is 12.4 Å². The minimum atomic E-state index is 0. The monoisotopic (exact) mass is 249 g/mol. The number of hydrogen-bond donors (Lipinski definition) is 1. The molecule has 1 rings (SSSR count). The van der Waals surface area contributed by atoms with Gasteiger partial charge in [-0.3, -0.25) is 0 Å². The Morgan fingerprint density at radius 3 is 2.38 bits per heavy atom. The van der Waals surface area contributed by atoms with Crippen molar-refractivity contribution in [3.8, 4) is 5.75 Å². The third-order valence-electron chi connectivity index (χ3n) is 1.76. The Balaban J connectivity index is -0.000000653. The highest BCUT2D eigenvalue weighted by molar-refractivity contribution is 7.99. The van der Waals surface area contributed by atoms with Crippen LogP contribution < -0.4 is 10.1 Å². The summed E-state index contributed by atoms with van der Waals surface area (Å²) in [6, 6.07) is 8.24. The Morgan fingerprint density at radius 1 is 1.25 bits per heavy atom. The Kier molecular flexibility index (Phi) is 11.9. The summed E-state index contributed by atoms with van der Waals surface area (Å²) in [5.41, 5.74) is 0. The average Bonchev–Trinajstić information content (AvgIpc) is 2.21. The highest BCUT2D eigenvalue weighted by atomic mass is 32.2. The summed E-state index contributed by atoms with van der Waals surface area (Å²) in [7, 11) is 1.97. The molecule has 0 aliphatic carbocycles. The van der Waals surface area contributed by atoms with Gasteiger partial charge >= 0.3 is 0 Å². The van der Waals surface area contributed by atoms with Crippen LogP contribution >= 0.6 is 11.8 Å². The highest BCUT2D eigenvalue weighted by Crippen LogP contribution is 2.20. The van der Waals surface area contributed by atoms with Crippen molar-refractivity contribution in [2.75, 3.05) is 26.0 Å². The molecule has 0 atom stereocenters. The van der Waals surface area contributed by atoms with E-state index < -0.39 is 0 Å². The van der Waals surface area contributed by atoms with Gasteiger partial charge in [-0.2, -0.15) is 0 Å². The zero-order valence-corrected chi connectivity index (χ0v) is 10.6. The maximum atomic E-state index is 5.36. The fraction of sp³-hybridized carbons (Fsp3) is 0.455. The van der Waals surface area contributed by atoms with Crippen LogP contribution in [0.25, 0.3) is 0 Å². The van der Waals surface area contributed by atoms with Gasteiger partial charge in [0, 0.05) is 18.6 Å². The van der Waals surface area contributed by atoms with Crippen molar-refractivity contribution < 1.29 is 17.1 Å². The van der Waals surface area contributed by atoms with Crippen molar-refractivity contribution in [2.45, 2.75) is 11.8 Å². The predicted molar refractivity (Wildman–Crippen MR) is 71.6 cm³/mol. The first kappa shape index (κ1) is 17.6. The fourth-order valence-corrected chi connectivity index (χ4v) is 1.94. The molecular weight excluding hydrogens is 226 g/mol. The van der Waals surface area contributed by atoms with Crippen LogP contribution in [0.5, 0.6) is 5.75 Å². The Bertz CT molecular complexity index is 259. The first-order chi connectivity index (χ1) is 6.86. The molecule has 0 bridgehead atoms. The van der Waals surface area contributed by atoms with Crippen molar-refractivity contribution in [2.24, 2.45) is 0 Å². The zero-order valence-electron chi connectivity index (χ0n) is 9.75. The minimum Gasteiger partial charge on any atom is -0.494 e. The number of thioether (sulfide) groups is 1. The van der Waals surface area contributed by atoms with Gasteiger partial charge in [0.2, 0.25) is 0 Å². The molecule has 16 heavy (non-hydrogen) atoms. The van der Waals surface area contributed by atoms with Crippen LogP contribution in [0.3, 0.4) is 0 Å². The van der Waals surface area contributed by atoms with Crippen LogP contribution in [0, 0.1) is 0 Å². The molecule has 0 unspecified atom stereocenters. The molecule has 1 aromatic carbocycles. The molecule has 0 aliphatic heterocycles. The molecule has 5 N–H and O–H groups in total. The van der Waals surface area contributed by atoms with Gasteiger partial charge in [0.1, 0.15) is 5.75 Å². The van der Waals surface area contributed by atoms with Crippen LogP contribution in [-0.4, -0.2) is 36.9 Å². The van der Waals surface area contributed by atoms with Gasteiger partial charge in [-0.1, -0.05) is 0 Å². The van der Waals surface area contributed by atoms with E-state index in [1.54, 1.807) is 0 Å². The van der Waals surface area contributed by atoms with Crippen LogP contribution in [0.2, 0.25) is 0 Å². The van der Waals surface area contributed by atoms with E-state index in [4.69, 9.17) is 4.74 Å². The first-order valence-corrected chi connectivity index (χ1v) is 5.85. The number of nitrogens with one attached hydrogen (secondary N) is 1. The summed E-state index contributed by atoms with van der Waals surface area (Å²) in [4.78, 5) is 1.30. The van der Waals surface area contributed by atoms with Crippen molar-refractivity contribution >= 4 is 11.8 Å². The predicted octanol–water partition coefficient (Wildman–Crippen LogP) is 0.993. The minimum absolute atomic E-state index is 0. The molecule has 0 aromatic heterocycles. The van der Waals surface area contributed by atoms with Crippen LogP contribution in [0.15, 0.2) is 29.2 Å². The van der Waals surface area contributed by atoms with Gasteiger partial charge in [-0.15, -0.1) is 11.8 Å². The maximum absolute atomic E-state index is 5.36. The summed E-state index contributed by atoms with van der Waals surface area (Å²) in [6.45, 7) is 3.76. The van der Waals surface area contributed by atoms with Crippen molar-refractivity contribution in [3.63, 3.8) is 0 Å². The lowest BCUT2D eigenvalue weighted by atomic mass is 10.3. The molecule has 0 fully saturated rings. The van der Waals surface area contributed by atoms with E-state index in [9.17, 15) is 0 Å². The third-order valence-corrected chi connectivity index (χ3v) is 2.77. The summed E-state index contributed by atoms with van der Waals surface area (Å²) >= 11 is 1.85. The second-order valence-corrected chi connectivity index (χ2v) is 4.02. The number of ether oxygens (including phenoxy) is 1. The molecule has 0 amide bonds. The third kappa shape index (κ3) is 6.68. The van der Waals surface area contributed by atoms with E-state index in [1.165, 1.54) is 4.90 Å². The molecule has 96 valence electrons. The van der Waals surface area contributed by atoms with E-state index in [1.807, 2.05) is 37.9 Å². The van der Waals surface area contributed by atoms with E-state index in [0.29, 0.717) is 0 Å². The lowest BCUT2D eigenvalue weighted by molar-refractivity contribution is 0.340. The SMILES string of the molecule is CCOc1ccc(SCCNC)cc1.O.O.[HH]. The fourth-order valence-electron chi connectivity index (χ4n) is 1.07. The molecular formula is C11H23NO3S. The smallest absolute Gasteiger partial charge is 0.119 e. The summed E-state index contributed by atoms with van der Waals surface area (Å²) in [5, 5.41) is 3.12. The number of benzene rings is 1. The number of rotatable bonds is 6. The molecule has 0 spiro atoms. The normalized spacial score (nSPS) is 8.88. The number of hydrogen-bond acceptors (Lipinski definition) is 3. The maximum Gasteiger partial charge on any atom is 0.119 e. The van der Waals surface area contributed by atoms with E-state index >= 15 is 0 Å². The van der Waals surface area contributed by atoms with Gasteiger partial charge in [0.15, 0.2) is 0 Å². The molecule has 4 nitrogen and oxygen atoms in total. The summed E-state index contributed by atoms with van der Waals surface area (Å²) in [6.07, 6.45) is 0. The molecule has 5 heteroatoms. The quantitative estimate of drug-likeness (QED) is 0.603. The first-order valence-electron chi connectivity index (χ1n) is 4.87. The molecule has 0 heterocycles. The lowest BCUT2D eigenvalue weighted by Gasteiger charge is -2.04. The molecule has 0 saturated carbocycles. The summed E-state index contributed by atoms with van der Waals surface area (Å²) < 4.78 is 5.36.